The molecule has 0 unspecified atom stereocenters. The minimum atomic E-state index is -1.09. The third-order valence-corrected chi connectivity index (χ3v) is 4.10. The van der Waals surface area contributed by atoms with E-state index < -0.39 is 12.0 Å². The number of nitrogens with one attached hydrogen (secondary N) is 2. The summed E-state index contributed by atoms with van der Waals surface area (Å²) in [5.41, 5.74) is 0.602. The van der Waals surface area contributed by atoms with Gasteiger partial charge in [-0.1, -0.05) is 6.92 Å². The maximum atomic E-state index is 11.7. The lowest BCUT2D eigenvalue weighted by Gasteiger charge is -2.05. The summed E-state index contributed by atoms with van der Waals surface area (Å²) in [6.07, 6.45) is 2.15. The Balaban J connectivity index is 2.51. The summed E-state index contributed by atoms with van der Waals surface area (Å²) < 4.78 is 5.33. The van der Waals surface area contributed by atoms with Gasteiger partial charge in [0.1, 0.15) is 16.3 Å². The Morgan fingerprint density at radius 3 is 2.67 bits per heavy atom. The van der Waals surface area contributed by atoms with E-state index in [4.69, 9.17) is 4.42 Å². The molecule has 0 bridgehead atoms. The quantitative estimate of drug-likeness (QED) is 0.789. The Hall–Kier alpha value is -2.28. The first-order valence-corrected chi connectivity index (χ1v) is 7.37. The monoisotopic (exact) mass is 308 g/mol. The van der Waals surface area contributed by atoms with Crippen LogP contribution < -0.4 is 10.6 Å². The molecule has 0 saturated heterocycles. The van der Waals surface area contributed by atoms with Crippen molar-refractivity contribution >= 4 is 28.3 Å². The van der Waals surface area contributed by atoms with E-state index in [2.05, 4.69) is 10.6 Å². The lowest BCUT2D eigenvalue weighted by molar-refractivity contribution is 0.0699. The number of carbonyl (C=O) groups excluding carboxylic acids is 1. The van der Waals surface area contributed by atoms with Gasteiger partial charge in [-0.15, -0.1) is 11.3 Å². The van der Waals surface area contributed by atoms with Gasteiger partial charge in [0.05, 0.1) is 6.26 Å². The number of hydrogen-bond donors (Lipinski definition) is 3. The SMILES string of the molecule is CCNC(=O)Nc1sc(CC)c(-c2ccco2)c1C(=O)O. The molecule has 0 fully saturated rings. The van der Waals surface area contributed by atoms with Crippen LogP contribution in [0.5, 0.6) is 0 Å². The first-order chi connectivity index (χ1) is 10.1. The Labute approximate surface area is 125 Å². The second-order valence-corrected chi connectivity index (χ2v) is 5.33. The van der Waals surface area contributed by atoms with Crippen molar-refractivity contribution in [3.05, 3.63) is 28.8 Å². The van der Waals surface area contributed by atoms with Gasteiger partial charge in [0.25, 0.3) is 0 Å². The van der Waals surface area contributed by atoms with Crippen LogP contribution >= 0.6 is 11.3 Å². The van der Waals surface area contributed by atoms with Crippen molar-refractivity contribution in [2.45, 2.75) is 20.3 Å². The lowest BCUT2D eigenvalue weighted by Crippen LogP contribution is -2.28. The highest BCUT2D eigenvalue weighted by Crippen LogP contribution is 2.40. The second-order valence-electron chi connectivity index (χ2n) is 4.22. The fourth-order valence-electron chi connectivity index (χ4n) is 2.01. The Morgan fingerprint density at radius 1 is 1.38 bits per heavy atom. The fourth-order valence-corrected chi connectivity index (χ4v) is 3.14. The summed E-state index contributed by atoms with van der Waals surface area (Å²) >= 11 is 1.25. The molecule has 2 aromatic heterocycles. The molecular weight excluding hydrogens is 292 g/mol. The molecule has 3 N–H and O–H groups in total. The maximum absolute atomic E-state index is 11.7. The number of anilines is 1. The van der Waals surface area contributed by atoms with Gasteiger partial charge in [-0.25, -0.2) is 9.59 Å². The van der Waals surface area contributed by atoms with Gasteiger partial charge in [0.15, 0.2) is 0 Å². The molecule has 112 valence electrons. The van der Waals surface area contributed by atoms with E-state index in [0.29, 0.717) is 29.3 Å². The highest BCUT2D eigenvalue weighted by Gasteiger charge is 2.26. The number of furan rings is 1. The molecular formula is C14H16N2O4S. The summed E-state index contributed by atoms with van der Waals surface area (Å²) in [6, 6.07) is 2.99. The fraction of sp³-hybridized carbons (Fsp3) is 0.286. The second kappa shape index (κ2) is 6.45. The van der Waals surface area contributed by atoms with Crippen molar-refractivity contribution in [3.63, 3.8) is 0 Å². The van der Waals surface area contributed by atoms with Gasteiger partial charge < -0.3 is 14.8 Å². The number of amides is 2. The third kappa shape index (κ3) is 3.08. The summed E-state index contributed by atoms with van der Waals surface area (Å²) in [5.74, 6) is -0.603. The molecule has 0 atom stereocenters. The number of carboxylic acids is 1. The van der Waals surface area contributed by atoms with E-state index in [1.807, 2.05) is 6.92 Å². The van der Waals surface area contributed by atoms with E-state index >= 15 is 0 Å². The van der Waals surface area contributed by atoms with Crippen LogP contribution in [0.4, 0.5) is 9.80 Å². The molecule has 0 spiro atoms. The molecule has 6 nitrogen and oxygen atoms in total. The predicted octanol–water partition coefficient (Wildman–Crippen LogP) is 3.41. The first-order valence-electron chi connectivity index (χ1n) is 6.56. The summed E-state index contributed by atoms with van der Waals surface area (Å²) in [4.78, 5) is 24.1. The zero-order chi connectivity index (χ0) is 15.4. The molecule has 0 aliphatic heterocycles. The standard InChI is InChI=1S/C14H16N2O4S/c1-3-9-10(8-6-5-7-20-8)11(13(17)18)12(21-9)16-14(19)15-4-2/h5-7H,3-4H2,1-2H3,(H,17,18)(H2,15,16,19). The van der Waals surface area contributed by atoms with Gasteiger partial charge in [0, 0.05) is 17.0 Å². The van der Waals surface area contributed by atoms with E-state index in [0.717, 1.165) is 4.88 Å². The van der Waals surface area contributed by atoms with Crippen LogP contribution in [0.2, 0.25) is 0 Å². The van der Waals surface area contributed by atoms with Crippen LogP contribution in [0.15, 0.2) is 22.8 Å². The molecule has 2 aromatic rings. The van der Waals surface area contributed by atoms with E-state index in [9.17, 15) is 14.7 Å². The maximum Gasteiger partial charge on any atom is 0.339 e. The number of rotatable bonds is 5. The molecule has 0 radical (unpaired) electrons. The van der Waals surface area contributed by atoms with Gasteiger partial charge >= 0.3 is 12.0 Å². The Morgan fingerprint density at radius 2 is 2.14 bits per heavy atom. The zero-order valence-electron chi connectivity index (χ0n) is 11.7. The molecule has 0 aliphatic carbocycles. The number of carbonyl (C=O) groups is 2. The van der Waals surface area contributed by atoms with Crippen molar-refractivity contribution in [3.8, 4) is 11.3 Å². The van der Waals surface area contributed by atoms with Gasteiger partial charge in [-0.3, -0.25) is 5.32 Å². The topological polar surface area (TPSA) is 91.6 Å². The van der Waals surface area contributed by atoms with Crippen molar-refractivity contribution in [1.29, 1.82) is 0 Å². The molecule has 21 heavy (non-hydrogen) atoms. The van der Waals surface area contributed by atoms with Crippen LogP contribution in [0.1, 0.15) is 29.1 Å². The van der Waals surface area contributed by atoms with Crippen LogP contribution in [0, 0.1) is 0 Å². The summed E-state index contributed by atoms with van der Waals surface area (Å²) in [7, 11) is 0. The molecule has 7 heteroatoms. The van der Waals surface area contributed by atoms with Crippen LogP contribution in [0.25, 0.3) is 11.3 Å². The van der Waals surface area contributed by atoms with E-state index in [-0.39, 0.29) is 5.56 Å². The highest BCUT2D eigenvalue weighted by molar-refractivity contribution is 7.17. The Bertz CT molecular complexity index is 646. The van der Waals surface area contributed by atoms with Gasteiger partial charge in [-0.2, -0.15) is 0 Å². The van der Waals surface area contributed by atoms with Crippen molar-refractivity contribution < 1.29 is 19.1 Å². The average molecular weight is 308 g/mol. The number of urea groups is 1. The van der Waals surface area contributed by atoms with E-state index in [1.54, 1.807) is 19.1 Å². The molecule has 0 aliphatic rings. The highest BCUT2D eigenvalue weighted by atomic mass is 32.1. The zero-order valence-corrected chi connectivity index (χ0v) is 12.5. The van der Waals surface area contributed by atoms with Crippen molar-refractivity contribution in [2.75, 3.05) is 11.9 Å². The summed E-state index contributed by atoms with van der Waals surface area (Å²) in [6.45, 7) is 4.18. The average Bonchev–Trinajstić information content (AvgIpc) is 3.04. The molecule has 0 saturated carbocycles. The predicted molar refractivity (Wildman–Crippen MR) is 81.1 cm³/mol. The Kier molecular flexibility index (Phi) is 4.64. The van der Waals surface area contributed by atoms with E-state index in [1.165, 1.54) is 17.6 Å². The van der Waals surface area contributed by atoms with Crippen LogP contribution in [0.3, 0.4) is 0 Å². The molecule has 2 amide bonds. The van der Waals surface area contributed by atoms with Crippen LogP contribution in [-0.2, 0) is 6.42 Å². The molecule has 0 aromatic carbocycles. The van der Waals surface area contributed by atoms with Crippen LogP contribution in [-0.4, -0.2) is 23.7 Å². The van der Waals surface area contributed by atoms with Crippen molar-refractivity contribution in [2.24, 2.45) is 0 Å². The number of aryl methyl sites for hydroxylation is 1. The number of carboxylic acid groups (broad SMARTS) is 1. The third-order valence-electron chi connectivity index (χ3n) is 2.85. The summed E-state index contributed by atoms with van der Waals surface area (Å²) in [5, 5.41) is 15.0. The lowest BCUT2D eigenvalue weighted by atomic mass is 10.1. The smallest absolute Gasteiger partial charge is 0.339 e. The first kappa shape index (κ1) is 15.1. The normalized spacial score (nSPS) is 10.4. The van der Waals surface area contributed by atoms with Gasteiger partial charge in [-0.05, 0) is 25.5 Å². The van der Waals surface area contributed by atoms with Gasteiger partial charge in [0.2, 0.25) is 0 Å². The molecule has 2 rings (SSSR count). The minimum Gasteiger partial charge on any atom is -0.478 e. The van der Waals surface area contributed by atoms with Crippen molar-refractivity contribution in [1.82, 2.24) is 5.32 Å². The minimum absolute atomic E-state index is 0.0676. The number of aromatic carboxylic acids is 1. The largest absolute Gasteiger partial charge is 0.478 e. The number of thiophene rings is 1. The molecule has 2 heterocycles. The number of hydrogen-bond acceptors (Lipinski definition) is 4.